The molecular weight excluding hydrogens is 737 g/mol. The second kappa shape index (κ2) is 14.5. The van der Waals surface area contributed by atoms with Gasteiger partial charge in [-0.15, -0.1) is 0 Å². The summed E-state index contributed by atoms with van der Waals surface area (Å²) in [4.78, 5) is 2.58. The fraction of sp³-hybridized carbons (Fsp3) is 0.119. The summed E-state index contributed by atoms with van der Waals surface area (Å²) in [6.45, 7) is 0. The van der Waals surface area contributed by atoms with Crippen LogP contribution in [0.5, 0.6) is 0 Å². The van der Waals surface area contributed by atoms with E-state index in [2.05, 4.69) is 216 Å². The van der Waals surface area contributed by atoms with Crippen molar-refractivity contribution < 1.29 is 0 Å². The normalized spacial score (nSPS) is 15.0. The number of para-hydroxylation sites is 3. The molecule has 0 bridgehead atoms. The molecule has 0 unspecified atom stereocenters. The van der Waals surface area contributed by atoms with Gasteiger partial charge in [0.25, 0.3) is 0 Å². The number of benzene rings is 8. The van der Waals surface area contributed by atoms with E-state index in [0.717, 1.165) is 24.2 Å². The van der Waals surface area contributed by atoms with Crippen molar-refractivity contribution in [2.75, 3.05) is 4.90 Å². The lowest BCUT2D eigenvalue weighted by molar-refractivity contribution is 0.550. The van der Waals surface area contributed by atoms with Crippen LogP contribution in [0.4, 0.5) is 17.1 Å². The highest BCUT2D eigenvalue weighted by atomic mass is 15.2. The summed E-state index contributed by atoms with van der Waals surface area (Å²) in [5.41, 5.74) is 20.4. The number of anilines is 3. The maximum Gasteiger partial charge on any atom is 0.0562 e. The minimum atomic E-state index is 0.0427. The molecule has 3 aliphatic carbocycles. The molecule has 2 nitrogen and oxygen atoms in total. The molecule has 0 atom stereocenters. The average Bonchev–Trinajstić information content (AvgIpc) is 4.04. The van der Waals surface area contributed by atoms with Crippen LogP contribution in [0.2, 0.25) is 0 Å². The van der Waals surface area contributed by atoms with E-state index < -0.39 is 0 Å². The van der Waals surface area contributed by atoms with E-state index in [0.29, 0.717) is 0 Å². The van der Waals surface area contributed by atoms with E-state index in [1.807, 2.05) is 0 Å². The van der Waals surface area contributed by atoms with Gasteiger partial charge in [-0.1, -0.05) is 171 Å². The fourth-order valence-electron chi connectivity index (χ4n) is 11.2. The van der Waals surface area contributed by atoms with Crippen LogP contribution < -0.4 is 4.90 Å². The minimum Gasteiger partial charge on any atom is -0.309 e. The molecule has 3 aliphatic rings. The van der Waals surface area contributed by atoms with Crippen LogP contribution in [0.3, 0.4) is 0 Å². The molecule has 8 aromatic carbocycles. The lowest BCUT2D eigenvalue weighted by Crippen LogP contribution is -2.21. The number of allylic oxidation sites excluding steroid dienone is 4. The van der Waals surface area contributed by atoms with Gasteiger partial charge in [0.2, 0.25) is 0 Å². The third kappa shape index (κ3) is 5.62. The SMILES string of the molecule is C1=CC(c2ccccc2-c2ccccc2-c2ccccc2N(c2ccc3c(c2)C2(CCCC2)c2ccccc2-3)c2cccc3c2c2ccccc2n3-c2ccccc2)=CCC1. The van der Waals surface area contributed by atoms with Crippen molar-refractivity contribution in [3.63, 3.8) is 0 Å². The van der Waals surface area contributed by atoms with Crippen LogP contribution in [0.1, 0.15) is 55.2 Å². The molecule has 2 heteroatoms. The van der Waals surface area contributed by atoms with Crippen molar-refractivity contribution >= 4 is 44.4 Å². The van der Waals surface area contributed by atoms with Gasteiger partial charge in [0, 0.05) is 33.1 Å². The standard InChI is InChI=1S/C59H46N2/c1-3-20-41(21-4-1)44-24-7-8-25-45(44)46-26-9-10-27-47(46)50-29-12-15-32-54(50)61(43-36-37-49-48-28-11-14-31-52(48)59(53(49)40-43)38-17-18-39-59)57-35-19-34-56-58(57)51-30-13-16-33-55(51)60(56)42-22-5-2-6-23-42/h2-3,5-16,19-37,40H,1,4,17-18,38-39H2. The van der Waals surface area contributed by atoms with Crippen LogP contribution >= 0.6 is 0 Å². The molecule has 292 valence electrons. The Bertz CT molecular complexity index is 3210. The Morgan fingerprint density at radius 1 is 0.443 bits per heavy atom. The maximum atomic E-state index is 2.58. The van der Waals surface area contributed by atoms with Gasteiger partial charge in [-0.3, -0.25) is 0 Å². The van der Waals surface area contributed by atoms with Crippen LogP contribution in [0, 0.1) is 0 Å². The summed E-state index contributed by atoms with van der Waals surface area (Å²) in [6.07, 6.45) is 14.1. The molecule has 1 spiro atoms. The molecule has 0 radical (unpaired) electrons. The van der Waals surface area contributed by atoms with E-state index in [4.69, 9.17) is 0 Å². The molecule has 1 aromatic heterocycles. The third-order valence-corrected chi connectivity index (χ3v) is 13.8. The van der Waals surface area contributed by atoms with Crippen molar-refractivity contribution in [3.8, 4) is 39.1 Å². The molecular formula is C59H46N2. The first-order valence-corrected chi connectivity index (χ1v) is 22.1. The van der Waals surface area contributed by atoms with Crippen LogP contribution in [-0.4, -0.2) is 4.57 Å². The van der Waals surface area contributed by atoms with Gasteiger partial charge in [0.15, 0.2) is 0 Å². The first kappa shape index (κ1) is 35.8. The lowest BCUT2D eigenvalue weighted by Gasteiger charge is -2.32. The van der Waals surface area contributed by atoms with E-state index in [1.54, 1.807) is 0 Å². The zero-order valence-corrected chi connectivity index (χ0v) is 34.3. The quantitative estimate of drug-likeness (QED) is 0.156. The highest BCUT2D eigenvalue weighted by Gasteiger charge is 2.45. The zero-order chi connectivity index (χ0) is 40.3. The molecule has 0 aliphatic heterocycles. The van der Waals surface area contributed by atoms with E-state index in [1.165, 1.54) is 115 Å². The maximum absolute atomic E-state index is 2.58. The van der Waals surface area contributed by atoms with E-state index in [-0.39, 0.29) is 5.41 Å². The Morgan fingerprint density at radius 3 is 1.84 bits per heavy atom. The van der Waals surface area contributed by atoms with E-state index in [9.17, 15) is 0 Å². The first-order chi connectivity index (χ1) is 30.3. The lowest BCUT2D eigenvalue weighted by atomic mass is 9.76. The van der Waals surface area contributed by atoms with Gasteiger partial charge in [0.05, 0.1) is 22.4 Å². The Hall–Kier alpha value is -7.16. The van der Waals surface area contributed by atoms with E-state index >= 15 is 0 Å². The number of nitrogens with zero attached hydrogens (tertiary/aromatic N) is 2. The first-order valence-electron chi connectivity index (χ1n) is 22.1. The number of hydrogen-bond acceptors (Lipinski definition) is 1. The van der Waals surface area contributed by atoms with Gasteiger partial charge in [-0.05, 0) is 124 Å². The summed E-state index contributed by atoms with van der Waals surface area (Å²) in [6, 6.07) is 70.3. The second-order valence-electron chi connectivity index (χ2n) is 17.0. The summed E-state index contributed by atoms with van der Waals surface area (Å²) in [5, 5.41) is 2.48. The average molecular weight is 783 g/mol. The summed E-state index contributed by atoms with van der Waals surface area (Å²) in [5.74, 6) is 0. The van der Waals surface area contributed by atoms with Crippen molar-refractivity contribution in [3.05, 3.63) is 223 Å². The van der Waals surface area contributed by atoms with Gasteiger partial charge >= 0.3 is 0 Å². The number of rotatable bonds is 7. The molecule has 61 heavy (non-hydrogen) atoms. The summed E-state index contributed by atoms with van der Waals surface area (Å²) >= 11 is 0. The monoisotopic (exact) mass is 782 g/mol. The summed E-state index contributed by atoms with van der Waals surface area (Å²) in [7, 11) is 0. The molecule has 9 aromatic rings. The van der Waals surface area contributed by atoms with Gasteiger partial charge in [-0.25, -0.2) is 0 Å². The Morgan fingerprint density at radius 2 is 1.05 bits per heavy atom. The Labute approximate surface area is 358 Å². The molecule has 1 saturated carbocycles. The third-order valence-electron chi connectivity index (χ3n) is 13.8. The van der Waals surface area contributed by atoms with Crippen LogP contribution in [-0.2, 0) is 5.41 Å². The van der Waals surface area contributed by atoms with Crippen molar-refractivity contribution in [1.29, 1.82) is 0 Å². The van der Waals surface area contributed by atoms with Gasteiger partial charge in [-0.2, -0.15) is 0 Å². The summed E-state index contributed by atoms with van der Waals surface area (Å²) < 4.78 is 2.44. The number of hydrogen-bond donors (Lipinski definition) is 0. The molecule has 1 heterocycles. The molecule has 0 saturated heterocycles. The highest BCUT2D eigenvalue weighted by Crippen LogP contribution is 2.58. The number of fused-ring (bicyclic) bond motifs is 8. The predicted molar refractivity (Wildman–Crippen MR) is 257 cm³/mol. The topological polar surface area (TPSA) is 8.17 Å². The Kier molecular flexibility index (Phi) is 8.52. The Balaban J connectivity index is 1.14. The van der Waals surface area contributed by atoms with Crippen molar-refractivity contribution in [1.82, 2.24) is 4.57 Å². The number of aromatic nitrogens is 1. The molecule has 1 fully saturated rings. The smallest absolute Gasteiger partial charge is 0.0562 e. The van der Waals surface area contributed by atoms with Crippen molar-refractivity contribution in [2.24, 2.45) is 0 Å². The van der Waals surface area contributed by atoms with Crippen molar-refractivity contribution in [2.45, 2.75) is 43.9 Å². The molecule has 0 amide bonds. The minimum absolute atomic E-state index is 0.0427. The molecule has 12 rings (SSSR count). The highest BCUT2D eigenvalue weighted by molar-refractivity contribution is 6.17. The zero-order valence-electron chi connectivity index (χ0n) is 34.3. The largest absolute Gasteiger partial charge is 0.309 e. The molecule has 0 N–H and O–H groups in total. The second-order valence-corrected chi connectivity index (χ2v) is 17.0. The van der Waals surface area contributed by atoms with Crippen LogP contribution in [0.15, 0.2) is 206 Å². The fourth-order valence-corrected chi connectivity index (χ4v) is 11.2. The van der Waals surface area contributed by atoms with Gasteiger partial charge in [0.1, 0.15) is 0 Å². The predicted octanol–water partition coefficient (Wildman–Crippen LogP) is 16.2. The van der Waals surface area contributed by atoms with Crippen LogP contribution in [0.25, 0.3) is 66.4 Å². The van der Waals surface area contributed by atoms with Gasteiger partial charge < -0.3 is 9.47 Å².